The third kappa shape index (κ3) is 3.82. The van der Waals surface area contributed by atoms with Crippen molar-refractivity contribution in [3.8, 4) is 0 Å². The van der Waals surface area contributed by atoms with Crippen LogP contribution >= 0.6 is 0 Å². The van der Waals surface area contributed by atoms with Gasteiger partial charge in [0, 0.05) is 57.4 Å². The molecule has 1 unspecified atom stereocenters. The quantitative estimate of drug-likeness (QED) is 0.652. The summed E-state index contributed by atoms with van der Waals surface area (Å²) in [6.07, 6.45) is 2.24. The molecular formula is C16H24N4O2. The van der Waals surface area contributed by atoms with E-state index in [1.807, 2.05) is 12.1 Å². The van der Waals surface area contributed by atoms with Crippen LogP contribution in [0.4, 0.5) is 5.69 Å². The van der Waals surface area contributed by atoms with Gasteiger partial charge in [0.1, 0.15) is 0 Å². The molecule has 6 heteroatoms. The van der Waals surface area contributed by atoms with E-state index in [1.165, 1.54) is 12.0 Å². The van der Waals surface area contributed by atoms with Crippen molar-refractivity contribution < 1.29 is 4.92 Å². The third-order valence-electron chi connectivity index (χ3n) is 4.82. The van der Waals surface area contributed by atoms with Crippen molar-refractivity contribution >= 4 is 5.69 Å². The monoisotopic (exact) mass is 304 g/mol. The highest BCUT2D eigenvalue weighted by molar-refractivity contribution is 5.32. The number of nitro benzene ring substituents is 1. The first-order chi connectivity index (χ1) is 10.7. The summed E-state index contributed by atoms with van der Waals surface area (Å²) in [5.74, 6) is 0. The Labute approximate surface area is 131 Å². The number of hydrogen-bond donors (Lipinski definition) is 1. The summed E-state index contributed by atoms with van der Waals surface area (Å²) >= 11 is 0. The molecule has 3 rings (SSSR count). The molecule has 0 aromatic heterocycles. The normalized spacial score (nSPS) is 23.7. The predicted octanol–water partition coefficient (Wildman–Crippen LogP) is 1.12. The molecule has 0 radical (unpaired) electrons. The standard InChI is InChI=1S/C16H24N4O2/c21-20(22)15-3-1-14(2-4-15)6-8-18-9-11-19(12-10-18)16-5-7-17-13-16/h1-4,16-17H,5-13H2. The lowest BCUT2D eigenvalue weighted by Crippen LogP contribution is -2.51. The second-order valence-electron chi connectivity index (χ2n) is 6.20. The van der Waals surface area contributed by atoms with Gasteiger partial charge < -0.3 is 10.2 Å². The molecule has 6 nitrogen and oxygen atoms in total. The predicted molar refractivity (Wildman–Crippen MR) is 86.1 cm³/mol. The molecule has 1 aromatic rings. The number of nitrogens with one attached hydrogen (secondary N) is 1. The Kier molecular flexibility index (Phi) is 5.02. The number of nitrogens with zero attached hydrogens (tertiary/aromatic N) is 3. The fourth-order valence-corrected chi connectivity index (χ4v) is 3.37. The van der Waals surface area contributed by atoms with Crippen molar-refractivity contribution in [2.45, 2.75) is 18.9 Å². The van der Waals surface area contributed by atoms with Crippen LogP contribution in [0.1, 0.15) is 12.0 Å². The second kappa shape index (κ2) is 7.17. The molecule has 1 aromatic carbocycles. The second-order valence-corrected chi connectivity index (χ2v) is 6.20. The van der Waals surface area contributed by atoms with Gasteiger partial charge in [-0.05, 0) is 24.9 Å². The molecule has 2 aliphatic rings. The van der Waals surface area contributed by atoms with E-state index >= 15 is 0 Å². The molecule has 2 aliphatic heterocycles. The Morgan fingerprint density at radius 2 is 1.91 bits per heavy atom. The zero-order valence-corrected chi connectivity index (χ0v) is 12.9. The zero-order chi connectivity index (χ0) is 15.4. The Balaban J connectivity index is 1.42. The van der Waals surface area contributed by atoms with Crippen LogP contribution in [-0.2, 0) is 6.42 Å². The average Bonchev–Trinajstić information content (AvgIpc) is 3.08. The van der Waals surface area contributed by atoms with Gasteiger partial charge in [0.05, 0.1) is 4.92 Å². The maximum absolute atomic E-state index is 10.6. The van der Waals surface area contributed by atoms with Crippen LogP contribution in [0.5, 0.6) is 0 Å². The summed E-state index contributed by atoms with van der Waals surface area (Å²) < 4.78 is 0. The van der Waals surface area contributed by atoms with Gasteiger partial charge in [0.25, 0.3) is 5.69 Å². The highest BCUT2D eigenvalue weighted by Gasteiger charge is 2.25. The van der Waals surface area contributed by atoms with E-state index in [2.05, 4.69) is 15.1 Å². The van der Waals surface area contributed by atoms with E-state index in [-0.39, 0.29) is 10.6 Å². The van der Waals surface area contributed by atoms with Crippen LogP contribution in [-0.4, -0.2) is 66.6 Å². The van der Waals surface area contributed by atoms with Gasteiger partial charge in [-0.15, -0.1) is 0 Å². The summed E-state index contributed by atoms with van der Waals surface area (Å²) in [4.78, 5) is 15.4. The maximum atomic E-state index is 10.6. The molecule has 120 valence electrons. The van der Waals surface area contributed by atoms with Crippen LogP contribution in [0.15, 0.2) is 24.3 Å². The van der Waals surface area contributed by atoms with E-state index in [1.54, 1.807) is 12.1 Å². The molecule has 1 N–H and O–H groups in total. The number of nitro groups is 1. The summed E-state index contributed by atoms with van der Waals surface area (Å²) in [7, 11) is 0. The highest BCUT2D eigenvalue weighted by Crippen LogP contribution is 2.14. The van der Waals surface area contributed by atoms with Crippen molar-refractivity contribution in [3.63, 3.8) is 0 Å². The van der Waals surface area contributed by atoms with E-state index in [4.69, 9.17) is 0 Å². The highest BCUT2D eigenvalue weighted by atomic mass is 16.6. The van der Waals surface area contributed by atoms with Crippen LogP contribution in [0.3, 0.4) is 0 Å². The summed E-state index contributed by atoms with van der Waals surface area (Å²) in [6.45, 7) is 7.91. The van der Waals surface area contributed by atoms with Gasteiger partial charge in [0.15, 0.2) is 0 Å². The van der Waals surface area contributed by atoms with Crippen LogP contribution in [0, 0.1) is 10.1 Å². The number of hydrogen-bond acceptors (Lipinski definition) is 5. The number of non-ortho nitro benzene ring substituents is 1. The molecule has 1 atom stereocenters. The van der Waals surface area contributed by atoms with Crippen molar-refractivity contribution in [2.75, 3.05) is 45.8 Å². The molecule has 2 heterocycles. The maximum Gasteiger partial charge on any atom is 0.269 e. The Morgan fingerprint density at radius 3 is 2.50 bits per heavy atom. The third-order valence-corrected chi connectivity index (χ3v) is 4.82. The van der Waals surface area contributed by atoms with Gasteiger partial charge in [-0.25, -0.2) is 0 Å². The van der Waals surface area contributed by atoms with Crippen LogP contribution in [0.25, 0.3) is 0 Å². The van der Waals surface area contributed by atoms with Crippen molar-refractivity contribution in [2.24, 2.45) is 0 Å². The lowest BCUT2D eigenvalue weighted by molar-refractivity contribution is -0.384. The largest absolute Gasteiger partial charge is 0.315 e. The first kappa shape index (κ1) is 15.4. The molecule has 0 bridgehead atoms. The van der Waals surface area contributed by atoms with E-state index < -0.39 is 0 Å². The molecule has 0 spiro atoms. The van der Waals surface area contributed by atoms with Crippen LogP contribution < -0.4 is 5.32 Å². The first-order valence-electron chi connectivity index (χ1n) is 8.13. The lowest BCUT2D eigenvalue weighted by atomic mass is 10.1. The minimum Gasteiger partial charge on any atom is -0.315 e. The summed E-state index contributed by atoms with van der Waals surface area (Å²) in [6, 6.07) is 7.68. The van der Waals surface area contributed by atoms with Gasteiger partial charge >= 0.3 is 0 Å². The molecule has 2 saturated heterocycles. The molecule has 0 amide bonds. The average molecular weight is 304 g/mol. The molecular weight excluding hydrogens is 280 g/mol. The molecule has 0 aliphatic carbocycles. The Morgan fingerprint density at radius 1 is 1.18 bits per heavy atom. The van der Waals surface area contributed by atoms with Crippen molar-refractivity contribution in [3.05, 3.63) is 39.9 Å². The van der Waals surface area contributed by atoms with Crippen LogP contribution in [0.2, 0.25) is 0 Å². The smallest absolute Gasteiger partial charge is 0.269 e. The molecule has 22 heavy (non-hydrogen) atoms. The lowest BCUT2D eigenvalue weighted by Gasteiger charge is -2.37. The van der Waals surface area contributed by atoms with E-state index in [9.17, 15) is 10.1 Å². The van der Waals surface area contributed by atoms with Gasteiger partial charge in [-0.1, -0.05) is 12.1 Å². The van der Waals surface area contributed by atoms with E-state index in [0.717, 1.165) is 58.3 Å². The van der Waals surface area contributed by atoms with Gasteiger partial charge in [-0.2, -0.15) is 0 Å². The zero-order valence-electron chi connectivity index (χ0n) is 12.9. The van der Waals surface area contributed by atoms with Crippen molar-refractivity contribution in [1.29, 1.82) is 0 Å². The van der Waals surface area contributed by atoms with E-state index in [0.29, 0.717) is 0 Å². The minimum absolute atomic E-state index is 0.169. The fourth-order valence-electron chi connectivity index (χ4n) is 3.37. The number of rotatable bonds is 5. The first-order valence-corrected chi connectivity index (χ1v) is 8.13. The Hall–Kier alpha value is -1.50. The van der Waals surface area contributed by atoms with Gasteiger partial charge in [0.2, 0.25) is 0 Å². The Bertz CT molecular complexity index is 491. The molecule has 2 fully saturated rings. The SMILES string of the molecule is O=[N+]([O-])c1ccc(CCN2CCN(C3CCNC3)CC2)cc1. The topological polar surface area (TPSA) is 61.7 Å². The summed E-state index contributed by atoms with van der Waals surface area (Å²) in [5.41, 5.74) is 1.34. The molecule has 0 saturated carbocycles. The summed E-state index contributed by atoms with van der Waals surface area (Å²) in [5, 5.41) is 14.1. The van der Waals surface area contributed by atoms with Gasteiger partial charge in [-0.3, -0.25) is 15.0 Å². The van der Waals surface area contributed by atoms with Crippen molar-refractivity contribution in [1.82, 2.24) is 15.1 Å². The minimum atomic E-state index is -0.346. The fraction of sp³-hybridized carbons (Fsp3) is 0.625. The number of piperazine rings is 1. The number of benzene rings is 1.